The van der Waals surface area contributed by atoms with E-state index in [1.165, 1.54) is 0 Å². The predicted molar refractivity (Wildman–Crippen MR) is 73.9 cm³/mol. The van der Waals surface area contributed by atoms with E-state index in [-0.39, 0.29) is 6.10 Å². The number of benzene rings is 1. The van der Waals surface area contributed by atoms with Crippen LogP contribution in [0.15, 0.2) is 24.3 Å². The Morgan fingerprint density at radius 3 is 2.67 bits per heavy atom. The van der Waals surface area contributed by atoms with Gasteiger partial charge < -0.3 is 14.7 Å². The lowest BCUT2D eigenvalue weighted by molar-refractivity contribution is 0.0853. The maximum Gasteiger partial charge on any atom is 0.0807 e. The van der Waals surface area contributed by atoms with Gasteiger partial charge in [0.15, 0.2) is 0 Å². The van der Waals surface area contributed by atoms with Crippen molar-refractivity contribution in [3.63, 3.8) is 0 Å². The summed E-state index contributed by atoms with van der Waals surface area (Å²) in [7, 11) is 2.12. The van der Waals surface area contributed by atoms with Crippen molar-refractivity contribution >= 4 is 5.69 Å². The van der Waals surface area contributed by atoms with Crippen LogP contribution in [0, 0.1) is 0 Å². The highest BCUT2D eigenvalue weighted by atomic mass is 16.5. The van der Waals surface area contributed by atoms with E-state index >= 15 is 0 Å². The second-order valence-corrected chi connectivity index (χ2v) is 4.94. The summed E-state index contributed by atoms with van der Waals surface area (Å²) in [4.78, 5) is 2.30. The molecule has 3 nitrogen and oxygen atoms in total. The number of aliphatic hydroxyl groups excluding tert-OH is 1. The summed E-state index contributed by atoms with van der Waals surface area (Å²) in [5, 5.41) is 10.1. The van der Waals surface area contributed by atoms with E-state index in [9.17, 15) is 5.11 Å². The zero-order valence-corrected chi connectivity index (χ0v) is 11.3. The minimum atomic E-state index is -0.372. The highest BCUT2D eigenvalue weighted by molar-refractivity contribution is 5.54. The SMILES string of the molecule is CC[C@@H](O)c1ccccc1N(C)C1CCOCC1. The molecule has 1 aliphatic heterocycles. The Morgan fingerprint density at radius 1 is 1.33 bits per heavy atom. The van der Waals surface area contributed by atoms with Crippen molar-refractivity contribution in [2.24, 2.45) is 0 Å². The van der Waals surface area contributed by atoms with Gasteiger partial charge in [-0.15, -0.1) is 0 Å². The van der Waals surface area contributed by atoms with Crippen molar-refractivity contribution < 1.29 is 9.84 Å². The van der Waals surface area contributed by atoms with E-state index in [1.807, 2.05) is 25.1 Å². The summed E-state index contributed by atoms with van der Waals surface area (Å²) in [6.45, 7) is 3.69. The van der Waals surface area contributed by atoms with Crippen LogP contribution in [0.1, 0.15) is 37.9 Å². The Hall–Kier alpha value is -1.06. The molecule has 3 heteroatoms. The van der Waals surface area contributed by atoms with Gasteiger partial charge in [0, 0.05) is 37.6 Å². The van der Waals surface area contributed by atoms with Crippen LogP contribution in [0.4, 0.5) is 5.69 Å². The first-order chi connectivity index (χ1) is 8.74. The molecule has 1 aromatic carbocycles. The first-order valence-electron chi connectivity index (χ1n) is 6.81. The van der Waals surface area contributed by atoms with Crippen LogP contribution in [0.2, 0.25) is 0 Å². The molecule has 1 heterocycles. The van der Waals surface area contributed by atoms with Crippen LogP contribution in [0.3, 0.4) is 0 Å². The van der Waals surface area contributed by atoms with Gasteiger partial charge in [-0.2, -0.15) is 0 Å². The lowest BCUT2D eigenvalue weighted by Gasteiger charge is -2.34. The van der Waals surface area contributed by atoms with Gasteiger partial charge in [0.25, 0.3) is 0 Å². The second-order valence-electron chi connectivity index (χ2n) is 4.94. The number of para-hydroxylation sites is 1. The van der Waals surface area contributed by atoms with E-state index in [2.05, 4.69) is 18.0 Å². The largest absolute Gasteiger partial charge is 0.388 e. The molecule has 1 aliphatic rings. The lowest BCUT2D eigenvalue weighted by atomic mass is 10.0. The number of aliphatic hydroxyl groups is 1. The average molecular weight is 249 g/mol. The molecule has 18 heavy (non-hydrogen) atoms. The molecule has 2 rings (SSSR count). The number of ether oxygens (including phenoxy) is 1. The number of hydrogen-bond acceptors (Lipinski definition) is 3. The fourth-order valence-electron chi connectivity index (χ4n) is 2.58. The van der Waals surface area contributed by atoms with Gasteiger partial charge in [-0.1, -0.05) is 25.1 Å². The van der Waals surface area contributed by atoms with Crippen LogP contribution in [0.25, 0.3) is 0 Å². The molecule has 1 atom stereocenters. The highest BCUT2D eigenvalue weighted by Gasteiger charge is 2.21. The van der Waals surface area contributed by atoms with Crippen LogP contribution >= 0.6 is 0 Å². The predicted octanol–water partition coefficient (Wildman–Crippen LogP) is 2.75. The quantitative estimate of drug-likeness (QED) is 0.890. The molecule has 1 N–H and O–H groups in total. The summed E-state index contributed by atoms with van der Waals surface area (Å²) in [6.07, 6.45) is 2.50. The summed E-state index contributed by atoms with van der Waals surface area (Å²) < 4.78 is 5.41. The smallest absolute Gasteiger partial charge is 0.0807 e. The number of nitrogens with zero attached hydrogens (tertiary/aromatic N) is 1. The number of anilines is 1. The van der Waals surface area contributed by atoms with Gasteiger partial charge >= 0.3 is 0 Å². The average Bonchev–Trinajstić information content (AvgIpc) is 2.46. The third kappa shape index (κ3) is 2.85. The zero-order valence-electron chi connectivity index (χ0n) is 11.3. The summed E-state index contributed by atoms with van der Waals surface area (Å²) in [5.41, 5.74) is 2.19. The number of rotatable bonds is 4. The van der Waals surface area contributed by atoms with E-state index in [0.717, 1.165) is 43.7 Å². The molecule has 0 unspecified atom stereocenters. The molecule has 0 radical (unpaired) electrons. The Kier molecular flexibility index (Phi) is 4.61. The molecular weight excluding hydrogens is 226 g/mol. The Balaban J connectivity index is 2.20. The monoisotopic (exact) mass is 249 g/mol. The van der Waals surface area contributed by atoms with Crippen molar-refractivity contribution in [3.8, 4) is 0 Å². The van der Waals surface area contributed by atoms with E-state index in [4.69, 9.17) is 4.74 Å². The maximum atomic E-state index is 10.1. The minimum Gasteiger partial charge on any atom is -0.388 e. The van der Waals surface area contributed by atoms with E-state index in [1.54, 1.807) is 0 Å². The molecule has 0 amide bonds. The van der Waals surface area contributed by atoms with Crippen molar-refractivity contribution in [2.45, 2.75) is 38.3 Å². The van der Waals surface area contributed by atoms with Crippen LogP contribution in [-0.2, 0) is 4.74 Å². The zero-order chi connectivity index (χ0) is 13.0. The van der Waals surface area contributed by atoms with Gasteiger partial charge in [-0.3, -0.25) is 0 Å². The molecule has 1 aromatic rings. The van der Waals surface area contributed by atoms with Crippen LogP contribution < -0.4 is 4.90 Å². The van der Waals surface area contributed by atoms with Crippen LogP contribution in [0.5, 0.6) is 0 Å². The Bertz CT molecular complexity index is 375. The number of hydrogen-bond donors (Lipinski definition) is 1. The molecule has 1 fully saturated rings. The first kappa shape index (κ1) is 13.4. The topological polar surface area (TPSA) is 32.7 Å². The highest BCUT2D eigenvalue weighted by Crippen LogP contribution is 2.30. The first-order valence-corrected chi connectivity index (χ1v) is 6.81. The Labute approximate surface area is 109 Å². The van der Waals surface area contributed by atoms with E-state index in [0.29, 0.717) is 6.04 Å². The molecule has 1 saturated heterocycles. The molecular formula is C15H23NO2. The van der Waals surface area contributed by atoms with Crippen molar-refractivity contribution in [1.29, 1.82) is 0 Å². The van der Waals surface area contributed by atoms with Crippen molar-refractivity contribution in [3.05, 3.63) is 29.8 Å². The van der Waals surface area contributed by atoms with Crippen LogP contribution in [-0.4, -0.2) is 31.4 Å². The fraction of sp³-hybridized carbons (Fsp3) is 0.600. The van der Waals surface area contributed by atoms with Crippen molar-refractivity contribution in [1.82, 2.24) is 0 Å². The molecule has 0 aromatic heterocycles. The third-order valence-electron chi connectivity index (χ3n) is 3.80. The fourth-order valence-corrected chi connectivity index (χ4v) is 2.58. The normalized spacial score (nSPS) is 18.6. The summed E-state index contributed by atoms with van der Waals surface area (Å²) in [6, 6.07) is 8.68. The second kappa shape index (κ2) is 6.21. The maximum absolute atomic E-state index is 10.1. The van der Waals surface area contributed by atoms with Gasteiger partial charge in [0.05, 0.1) is 6.10 Å². The molecule has 0 spiro atoms. The Morgan fingerprint density at radius 2 is 2.00 bits per heavy atom. The third-order valence-corrected chi connectivity index (χ3v) is 3.80. The van der Waals surface area contributed by atoms with Gasteiger partial charge in [0.2, 0.25) is 0 Å². The molecule has 0 saturated carbocycles. The van der Waals surface area contributed by atoms with E-state index < -0.39 is 0 Å². The molecule has 0 aliphatic carbocycles. The van der Waals surface area contributed by atoms with Gasteiger partial charge in [-0.05, 0) is 25.3 Å². The summed E-state index contributed by atoms with van der Waals surface area (Å²) >= 11 is 0. The summed E-state index contributed by atoms with van der Waals surface area (Å²) in [5.74, 6) is 0. The minimum absolute atomic E-state index is 0.372. The van der Waals surface area contributed by atoms with Gasteiger partial charge in [-0.25, -0.2) is 0 Å². The molecule has 0 bridgehead atoms. The van der Waals surface area contributed by atoms with Gasteiger partial charge in [0.1, 0.15) is 0 Å². The lowest BCUT2D eigenvalue weighted by Crippen LogP contribution is -2.37. The van der Waals surface area contributed by atoms with Crippen molar-refractivity contribution in [2.75, 3.05) is 25.2 Å². The molecule has 100 valence electrons. The standard InChI is InChI=1S/C15H23NO2/c1-3-15(17)13-6-4-5-7-14(13)16(2)12-8-10-18-11-9-12/h4-7,12,15,17H,3,8-11H2,1-2H3/t15-/m1/s1.